The summed E-state index contributed by atoms with van der Waals surface area (Å²) in [5.74, 6) is -0.257. The van der Waals surface area contributed by atoms with Gasteiger partial charge in [0.1, 0.15) is 11.3 Å². The lowest BCUT2D eigenvalue weighted by Gasteiger charge is -2.21. The molecule has 1 atom stereocenters. The molecule has 0 heterocycles. The molecule has 0 amide bonds. The fourth-order valence-electron chi connectivity index (χ4n) is 2.49. The van der Waals surface area contributed by atoms with Crippen LogP contribution in [-0.2, 0) is 11.2 Å². The minimum Gasteiger partial charge on any atom is -0.494 e. The quantitative estimate of drug-likeness (QED) is 0.481. The van der Waals surface area contributed by atoms with Gasteiger partial charge in [0, 0.05) is 0 Å². The number of aryl methyl sites for hydroxylation is 1. The third kappa shape index (κ3) is 7.32. The van der Waals surface area contributed by atoms with Crippen molar-refractivity contribution in [2.24, 2.45) is 5.73 Å². The van der Waals surface area contributed by atoms with Crippen LogP contribution < -0.4 is 10.5 Å². The molecule has 0 aliphatic heterocycles. The van der Waals surface area contributed by atoms with E-state index in [4.69, 9.17) is 20.7 Å². The van der Waals surface area contributed by atoms with Crippen LogP contribution in [0.25, 0.3) is 0 Å². The lowest BCUT2D eigenvalue weighted by molar-refractivity contribution is -0.145. The second-order valence-corrected chi connectivity index (χ2v) is 6.38. The lowest BCUT2D eigenvalue weighted by Crippen LogP contribution is -2.51. The molecule has 1 aromatic carbocycles. The van der Waals surface area contributed by atoms with Gasteiger partial charge in [-0.05, 0) is 43.4 Å². The summed E-state index contributed by atoms with van der Waals surface area (Å²) in [6.45, 7) is 2.42. The van der Waals surface area contributed by atoms with Crippen molar-refractivity contribution in [3.8, 4) is 5.75 Å². The Kier molecular flexibility index (Phi) is 9.42. The Labute approximate surface area is 144 Å². The smallest absolute Gasteiger partial charge is 0.326 e. The fourth-order valence-corrected chi connectivity index (χ4v) is 2.49. The summed E-state index contributed by atoms with van der Waals surface area (Å²) >= 11 is 0. The molecule has 0 spiro atoms. The van der Waals surface area contributed by atoms with E-state index in [1.54, 1.807) is 0 Å². The maximum absolute atomic E-state index is 11.0. The highest BCUT2D eigenvalue weighted by molar-refractivity contribution is 5.78. The molecule has 0 aliphatic carbocycles. The molecule has 0 aromatic heterocycles. The molecule has 0 fully saturated rings. The normalized spacial score (nSPS) is 13.5. The summed E-state index contributed by atoms with van der Waals surface area (Å²) in [6, 6.07) is 8.04. The molecule has 0 saturated heterocycles. The molecule has 1 unspecified atom stereocenters. The van der Waals surface area contributed by atoms with Crippen molar-refractivity contribution < 1.29 is 19.7 Å². The molecule has 5 nitrogen and oxygen atoms in total. The van der Waals surface area contributed by atoms with E-state index in [0.29, 0.717) is 6.42 Å². The Hall–Kier alpha value is -1.59. The number of aliphatic hydroxyl groups is 1. The number of rotatable bonds is 13. The van der Waals surface area contributed by atoms with Crippen molar-refractivity contribution in [3.63, 3.8) is 0 Å². The second-order valence-electron chi connectivity index (χ2n) is 6.38. The van der Waals surface area contributed by atoms with Crippen molar-refractivity contribution in [3.05, 3.63) is 29.8 Å². The molecule has 1 rings (SSSR count). The first-order valence-corrected chi connectivity index (χ1v) is 8.86. The molecular formula is C19H31NO4. The van der Waals surface area contributed by atoms with Crippen molar-refractivity contribution in [1.82, 2.24) is 0 Å². The Morgan fingerprint density at radius 2 is 1.83 bits per heavy atom. The monoisotopic (exact) mass is 337 g/mol. The Balaban J connectivity index is 2.26. The van der Waals surface area contributed by atoms with E-state index >= 15 is 0 Å². The van der Waals surface area contributed by atoms with Gasteiger partial charge in [-0.1, -0.05) is 44.7 Å². The number of nitrogens with two attached hydrogens (primary N) is 1. The molecule has 0 bridgehead atoms. The van der Waals surface area contributed by atoms with Gasteiger partial charge in [0.05, 0.1) is 13.2 Å². The number of hydrogen-bond donors (Lipinski definition) is 3. The van der Waals surface area contributed by atoms with Gasteiger partial charge in [-0.2, -0.15) is 0 Å². The lowest BCUT2D eigenvalue weighted by atomic mass is 9.93. The van der Waals surface area contributed by atoms with Gasteiger partial charge in [0.25, 0.3) is 0 Å². The number of benzene rings is 1. The van der Waals surface area contributed by atoms with E-state index < -0.39 is 18.1 Å². The predicted octanol–water partition coefficient (Wildman–Crippen LogP) is 3.13. The van der Waals surface area contributed by atoms with Gasteiger partial charge in [0.2, 0.25) is 0 Å². The third-order valence-electron chi connectivity index (χ3n) is 4.24. The summed E-state index contributed by atoms with van der Waals surface area (Å²) in [7, 11) is 0. The van der Waals surface area contributed by atoms with Crippen LogP contribution in [0.3, 0.4) is 0 Å². The number of aliphatic carboxylic acids is 1. The fraction of sp³-hybridized carbons (Fsp3) is 0.632. The number of carboxylic acid groups (broad SMARTS) is 1. The first-order valence-electron chi connectivity index (χ1n) is 8.86. The Morgan fingerprint density at radius 1 is 1.12 bits per heavy atom. The topological polar surface area (TPSA) is 92.8 Å². The Bertz CT molecular complexity index is 475. The molecule has 136 valence electrons. The van der Waals surface area contributed by atoms with E-state index in [1.807, 2.05) is 24.3 Å². The summed E-state index contributed by atoms with van der Waals surface area (Å²) in [6.07, 6.45) is 7.42. The van der Waals surface area contributed by atoms with Crippen LogP contribution in [0.15, 0.2) is 24.3 Å². The van der Waals surface area contributed by atoms with Crippen LogP contribution in [0, 0.1) is 0 Å². The van der Waals surface area contributed by atoms with Crippen LogP contribution >= 0.6 is 0 Å². The van der Waals surface area contributed by atoms with E-state index in [2.05, 4.69) is 6.92 Å². The minimum absolute atomic E-state index is 0.276. The minimum atomic E-state index is -1.52. The summed E-state index contributed by atoms with van der Waals surface area (Å²) in [5, 5.41) is 18.1. The zero-order valence-electron chi connectivity index (χ0n) is 14.7. The van der Waals surface area contributed by atoms with E-state index in [1.165, 1.54) is 24.8 Å². The van der Waals surface area contributed by atoms with Crippen LogP contribution in [0.5, 0.6) is 5.75 Å². The zero-order valence-corrected chi connectivity index (χ0v) is 14.7. The van der Waals surface area contributed by atoms with Gasteiger partial charge in [0.15, 0.2) is 0 Å². The second kappa shape index (κ2) is 11.0. The van der Waals surface area contributed by atoms with Crippen molar-refractivity contribution >= 4 is 5.97 Å². The number of carbonyl (C=O) groups is 1. The first-order chi connectivity index (χ1) is 11.5. The van der Waals surface area contributed by atoms with Crippen LogP contribution in [0.1, 0.15) is 57.4 Å². The summed E-state index contributed by atoms with van der Waals surface area (Å²) in [5.41, 5.74) is 5.32. The van der Waals surface area contributed by atoms with Gasteiger partial charge >= 0.3 is 5.97 Å². The average Bonchev–Trinajstić information content (AvgIpc) is 2.59. The van der Waals surface area contributed by atoms with Crippen molar-refractivity contribution in [1.29, 1.82) is 0 Å². The molecule has 1 aromatic rings. The molecule has 5 heteroatoms. The standard InChI is InChI=1S/C19H31NO4/c1-2-3-4-7-14-24-17-11-9-16(10-12-17)8-5-6-13-19(20,15-21)18(22)23/h9-12,21H,2-8,13-15,20H2,1H3,(H,22,23). The average molecular weight is 337 g/mol. The highest BCUT2D eigenvalue weighted by Gasteiger charge is 2.32. The number of ether oxygens (including phenoxy) is 1. The van der Waals surface area contributed by atoms with E-state index in [-0.39, 0.29) is 6.42 Å². The summed E-state index contributed by atoms with van der Waals surface area (Å²) in [4.78, 5) is 11.0. The zero-order chi connectivity index (χ0) is 17.8. The molecule has 4 N–H and O–H groups in total. The highest BCUT2D eigenvalue weighted by Crippen LogP contribution is 2.17. The van der Waals surface area contributed by atoms with Gasteiger partial charge < -0.3 is 20.7 Å². The van der Waals surface area contributed by atoms with Crippen molar-refractivity contribution in [2.75, 3.05) is 13.2 Å². The number of unbranched alkanes of at least 4 members (excludes halogenated alkanes) is 4. The highest BCUT2D eigenvalue weighted by atomic mass is 16.5. The number of carboxylic acids is 1. The van der Waals surface area contributed by atoms with Crippen LogP contribution in [0.4, 0.5) is 0 Å². The maximum Gasteiger partial charge on any atom is 0.326 e. The van der Waals surface area contributed by atoms with E-state index in [0.717, 1.165) is 31.6 Å². The number of aliphatic hydroxyl groups excluding tert-OH is 1. The SMILES string of the molecule is CCCCCCOc1ccc(CCCCC(N)(CO)C(=O)O)cc1. The molecule has 0 saturated carbocycles. The molecule has 0 radical (unpaired) electrons. The van der Waals surface area contributed by atoms with Gasteiger partial charge in [-0.25, -0.2) is 0 Å². The van der Waals surface area contributed by atoms with Gasteiger partial charge in [-0.3, -0.25) is 4.79 Å². The largest absolute Gasteiger partial charge is 0.494 e. The Morgan fingerprint density at radius 3 is 2.42 bits per heavy atom. The predicted molar refractivity (Wildman–Crippen MR) is 95.3 cm³/mol. The molecular weight excluding hydrogens is 306 g/mol. The van der Waals surface area contributed by atoms with Crippen LogP contribution in [0.2, 0.25) is 0 Å². The summed E-state index contributed by atoms with van der Waals surface area (Å²) < 4.78 is 5.71. The van der Waals surface area contributed by atoms with Gasteiger partial charge in [-0.15, -0.1) is 0 Å². The maximum atomic E-state index is 11.0. The number of hydrogen-bond acceptors (Lipinski definition) is 4. The first kappa shape index (κ1) is 20.5. The third-order valence-corrected chi connectivity index (χ3v) is 4.24. The molecule has 24 heavy (non-hydrogen) atoms. The molecule has 0 aliphatic rings. The van der Waals surface area contributed by atoms with Crippen LogP contribution in [-0.4, -0.2) is 34.9 Å². The van der Waals surface area contributed by atoms with E-state index in [9.17, 15) is 4.79 Å². The van der Waals surface area contributed by atoms with Crippen molar-refractivity contribution in [2.45, 2.75) is 63.8 Å².